The summed E-state index contributed by atoms with van der Waals surface area (Å²) in [5.74, 6) is -2.53. The summed E-state index contributed by atoms with van der Waals surface area (Å²) in [7, 11) is 1.69. The van der Waals surface area contributed by atoms with Crippen LogP contribution in [-0.2, 0) is 52.8 Å². The minimum atomic E-state index is -1.23. The maximum atomic E-state index is 14.9. The van der Waals surface area contributed by atoms with E-state index in [-0.39, 0.29) is 50.0 Å². The first-order valence-electron chi connectivity index (χ1n) is 23.9. The van der Waals surface area contributed by atoms with Crippen molar-refractivity contribution in [1.29, 1.82) is 0 Å². The van der Waals surface area contributed by atoms with Crippen molar-refractivity contribution in [2.24, 2.45) is 17.3 Å². The molecule has 5 atom stereocenters. The van der Waals surface area contributed by atoms with Crippen LogP contribution in [0.5, 0.6) is 0 Å². The van der Waals surface area contributed by atoms with Gasteiger partial charge in [-0.05, 0) is 112 Å². The molecule has 2 aromatic heterocycles. The fourth-order valence-electron chi connectivity index (χ4n) is 10.3. The van der Waals surface area contributed by atoms with Crippen molar-refractivity contribution in [1.82, 2.24) is 35.1 Å². The second-order valence-corrected chi connectivity index (χ2v) is 19.8. The number of hydrazine groups is 1. The molecule has 2 aromatic carbocycles. The molecule has 3 aliphatic rings. The lowest BCUT2D eigenvalue weighted by Gasteiger charge is -2.41. The molecule has 2 saturated heterocycles. The Labute approximate surface area is 395 Å². The molecule has 14 nitrogen and oxygen atoms in total. The van der Waals surface area contributed by atoms with Crippen LogP contribution in [0.15, 0.2) is 73.4 Å². The maximum absolute atomic E-state index is 14.9. The third kappa shape index (κ3) is 10.1. The van der Waals surface area contributed by atoms with E-state index in [1.165, 1.54) is 11.1 Å². The first-order valence-corrected chi connectivity index (χ1v) is 23.9. The number of carbonyl (C=O) groups excluding carboxylic acids is 5. The number of carbonyl (C=O) groups is 5. The highest BCUT2D eigenvalue weighted by molar-refractivity contribution is 5.96. The van der Waals surface area contributed by atoms with E-state index in [1.807, 2.05) is 45.9 Å². The van der Waals surface area contributed by atoms with Gasteiger partial charge in [0.05, 0.1) is 30.0 Å². The highest BCUT2D eigenvalue weighted by Gasteiger charge is 2.44. The summed E-state index contributed by atoms with van der Waals surface area (Å²) in [6.07, 6.45) is 4.96. The van der Waals surface area contributed by atoms with Crippen molar-refractivity contribution in [2.75, 3.05) is 39.9 Å². The van der Waals surface area contributed by atoms with Crippen LogP contribution < -0.4 is 10.7 Å². The number of methoxy groups -OCH3 is 1. The Morgan fingerprint density at radius 3 is 2.51 bits per heavy atom. The lowest BCUT2D eigenvalue weighted by molar-refractivity contribution is -0.162. The zero-order chi connectivity index (χ0) is 48.4. The Morgan fingerprint density at radius 1 is 1.04 bits per heavy atom. The number of aromatic nitrogens is 2. The first kappa shape index (κ1) is 49.1. The molecule has 5 heterocycles. The highest BCUT2D eigenvalue weighted by atomic mass is 16.5. The number of hydrogen-bond donors (Lipinski definition) is 2. The summed E-state index contributed by atoms with van der Waals surface area (Å²) in [6, 6.07) is 16.7. The van der Waals surface area contributed by atoms with Gasteiger partial charge in [-0.15, -0.1) is 0 Å². The van der Waals surface area contributed by atoms with Crippen LogP contribution in [0.1, 0.15) is 97.6 Å². The number of amides is 4. The van der Waals surface area contributed by atoms with E-state index in [1.54, 1.807) is 30.0 Å². The van der Waals surface area contributed by atoms with Crippen molar-refractivity contribution in [3.63, 3.8) is 0 Å². The number of likely N-dealkylation sites (tertiary alicyclic amines) is 1. The van der Waals surface area contributed by atoms with Gasteiger partial charge in [0.15, 0.2) is 0 Å². The average molecular weight is 916 g/mol. The standard InChI is InChI=1S/C53H69N7O7/c1-11-44(61)57-26-22-38(31-57)49(63)59(13-3)46(33(4)5)48(62)55-42-28-35-17-14-18-36(27-35)37-20-21-43-40(29-37)41(47(58(43)12-2)39-19-15-24-54-45(39)34(6)66-10)30-52(7,8)32-67-51(65)53(9)23-16-25-60(56-53)50(42)64/h11,14-15,17-21,24,27,29,33-34,38,42,46,56H,1,12-13,16,22-23,25-26,28,30-32H2,2-10H3,(H,55,62)/t34-,38-,42-,46-,53+/m0/s1. The summed E-state index contributed by atoms with van der Waals surface area (Å²) in [5, 5.41) is 5.63. The van der Waals surface area contributed by atoms with Crippen molar-refractivity contribution >= 4 is 40.5 Å². The van der Waals surface area contributed by atoms with Crippen molar-refractivity contribution < 1.29 is 33.4 Å². The molecule has 2 N–H and O–H groups in total. The van der Waals surface area contributed by atoms with Crippen LogP contribution in [0.2, 0.25) is 0 Å². The van der Waals surface area contributed by atoms with Crippen LogP contribution in [0.3, 0.4) is 0 Å². The van der Waals surface area contributed by atoms with Crippen LogP contribution in [0.4, 0.5) is 0 Å². The van der Waals surface area contributed by atoms with E-state index < -0.39 is 46.7 Å². The molecule has 4 aromatic rings. The Morgan fingerprint density at radius 2 is 1.81 bits per heavy atom. The van der Waals surface area contributed by atoms with Gasteiger partial charge < -0.3 is 29.2 Å². The van der Waals surface area contributed by atoms with E-state index in [0.29, 0.717) is 45.3 Å². The smallest absolute Gasteiger partial charge is 0.327 e. The number of hydrogen-bond acceptors (Lipinski definition) is 9. The molecule has 0 unspecified atom stereocenters. The number of aryl methyl sites for hydroxylation is 1. The van der Waals surface area contributed by atoms with E-state index in [4.69, 9.17) is 14.5 Å². The van der Waals surface area contributed by atoms with Gasteiger partial charge in [-0.2, -0.15) is 0 Å². The Hall–Kier alpha value is -5.86. The minimum absolute atomic E-state index is 0.122. The molecular weight excluding hydrogens is 847 g/mol. The molecule has 2 fully saturated rings. The molecular formula is C53H69N7O7. The summed E-state index contributed by atoms with van der Waals surface area (Å²) in [4.78, 5) is 78.5. The van der Waals surface area contributed by atoms with E-state index in [9.17, 15) is 24.0 Å². The van der Waals surface area contributed by atoms with Crippen molar-refractivity contribution in [3.8, 4) is 22.4 Å². The quantitative estimate of drug-likeness (QED) is 0.119. The average Bonchev–Trinajstić information content (AvgIpc) is 3.94. The lowest BCUT2D eigenvalue weighted by Crippen LogP contribution is -2.66. The second kappa shape index (κ2) is 20.2. The lowest BCUT2D eigenvalue weighted by atomic mass is 9.84. The number of esters is 1. The monoisotopic (exact) mass is 916 g/mol. The summed E-state index contributed by atoms with van der Waals surface area (Å²) in [5.41, 5.74) is 9.30. The Kier molecular flexibility index (Phi) is 14.8. The predicted octanol–water partition coefficient (Wildman–Crippen LogP) is 7.04. The third-order valence-electron chi connectivity index (χ3n) is 13.9. The second-order valence-electron chi connectivity index (χ2n) is 19.8. The molecule has 6 bridgehead atoms. The van der Waals surface area contributed by atoms with Crippen LogP contribution in [-0.4, -0.2) is 111 Å². The molecule has 3 aliphatic heterocycles. The Balaban J connectivity index is 1.31. The van der Waals surface area contributed by atoms with Gasteiger partial charge in [0, 0.05) is 74.3 Å². The third-order valence-corrected chi connectivity index (χ3v) is 13.9. The highest BCUT2D eigenvalue weighted by Crippen LogP contribution is 2.42. The predicted molar refractivity (Wildman–Crippen MR) is 259 cm³/mol. The summed E-state index contributed by atoms with van der Waals surface area (Å²) < 4.78 is 14.4. The van der Waals surface area contributed by atoms with Gasteiger partial charge >= 0.3 is 5.97 Å². The van der Waals surface area contributed by atoms with Gasteiger partial charge in [-0.1, -0.05) is 64.6 Å². The summed E-state index contributed by atoms with van der Waals surface area (Å²) in [6.45, 7) is 21.4. The van der Waals surface area contributed by atoms with Crippen LogP contribution in [0, 0.1) is 17.3 Å². The van der Waals surface area contributed by atoms with Crippen molar-refractivity contribution in [2.45, 2.75) is 118 Å². The fraction of sp³-hybridized carbons (Fsp3) is 0.509. The SMILES string of the molecule is C=CC(=O)N1CC[C@H](C(=O)N(CC)[C@H](C(=O)N[C@H]2Cc3cccc(c3)-c3ccc4c(c3)c(c(-c3cccnc3[C@H](C)OC)n4CC)CC(C)(C)COC(=O)[C@@]3(C)CCCN(N3)C2=O)C(C)C)C1. The van der Waals surface area contributed by atoms with Gasteiger partial charge in [-0.3, -0.25) is 29.2 Å². The number of likely N-dealkylation sites (N-methyl/N-ethyl adjacent to an activating group) is 1. The zero-order valence-corrected chi connectivity index (χ0v) is 40.8. The van der Waals surface area contributed by atoms with Crippen molar-refractivity contribution in [3.05, 3.63) is 90.3 Å². The molecule has 67 heavy (non-hydrogen) atoms. The number of nitrogens with one attached hydrogen (secondary N) is 2. The zero-order valence-electron chi connectivity index (χ0n) is 40.8. The number of benzene rings is 2. The van der Waals surface area contributed by atoms with Crippen LogP contribution >= 0.6 is 0 Å². The number of ether oxygens (including phenoxy) is 2. The van der Waals surface area contributed by atoms with E-state index >= 15 is 0 Å². The number of fused-ring (bicyclic) bond motifs is 6. The molecule has 0 spiro atoms. The first-order chi connectivity index (χ1) is 31.9. The van der Waals surface area contributed by atoms with Crippen LogP contribution in [0.25, 0.3) is 33.3 Å². The molecule has 7 rings (SSSR count). The normalized spacial score (nSPS) is 21.9. The van der Waals surface area contributed by atoms with E-state index in [0.717, 1.165) is 50.1 Å². The maximum Gasteiger partial charge on any atom is 0.327 e. The Bertz CT molecular complexity index is 2530. The molecule has 4 amide bonds. The molecule has 358 valence electrons. The van der Waals surface area contributed by atoms with Gasteiger partial charge in [0.2, 0.25) is 17.7 Å². The molecule has 0 radical (unpaired) electrons. The largest absolute Gasteiger partial charge is 0.464 e. The molecule has 0 aliphatic carbocycles. The topological polar surface area (TPSA) is 155 Å². The molecule has 14 heteroatoms. The van der Waals surface area contributed by atoms with Gasteiger partial charge in [-0.25, -0.2) is 10.2 Å². The fourth-order valence-corrected chi connectivity index (χ4v) is 10.3. The minimum Gasteiger partial charge on any atom is -0.464 e. The van der Waals surface area contributed by atoms with E-state index in [2.05, 4.69) is 79.1 Å². The molecule has 0 saturated carbocycles. The number of pyridine rings is 1. The van der Waals surface area contributed by atoms with Gasteiger partial charge in [0.1, 0.15) is 17.6 Å². The number of nitrogens with zero attached hydrogens (tertiary/aromatic N) is 5. The van der Waals surface area contributed by atoms with Gasteiger partial charge in [0.25, 0.3) is 5.91 Å². The summed E-state index contributed by atoms with van der Waals surface area (Å²) >= 11 is 0. The number of rotatable bonds is 11. The number of cyclic esters (lactones) is 1.